The van der Waals surface area contributed by atoms with Gasteiger partial charge in [-0.15, -0.1) is 11.3 Å². The standard InChI is InChI=1S/C23H32N4OS/c1-3-24-23(25-15-18(2)14-21-6-5-13-29-21)26-16-19-8-10-20(11-9-19)17-27-12-4-7-22(27)28/h5-6,8-11,13,18H,3-4,7,12,14-17H2,1-2H3,(H2,24,25,26). The van der Waals surface area contributed by atoms with Gasteiger partial charge >= 0.3 is 0 Å². The Hall–Kier alpha value is -2.34. The number of aliphatic imine (C=N–C) groups is 1. The molecule has 1 amide bonds. The molecular weight excluding hydrogens is 380 g/mol. The molecule has 0 saturated carbocycles. The molecule has 1 saturated heterocycles. The molecule has 0 spiro atoms. The molecule has 0 aliphatic carbocycles. The zero-order chi connectivity index (χ0) is 20.5. The fourth-order valence-corrected chi connectivity index (χ4v) is 4.34. The van der Waals surface area contributed by atoms with E-state index in [-0.39, 0.29) is 5.91 Å². The zero-order valence-electron chi connectivity index (χ0n) is 17.5. The second kappa shape index (κ2) is 11.0. The summed E-state index contributed by atoms with van der Waals surface area (Å²) in [6, 6.07) is 12.8. The summed E-state index contributed by atoms with van der Waals surface area (Å²) in [5.74, 6) is 1.68. The molecule has 1 aromatic carbocycles. The summed E-state index contributed by atoms with van der Waals surface area (Å²) in [4.78, 5) is 19.9. The smallest absolute Gasteiger partial charge is 0.222 e. The van der Waals surface area contributed by atoms with Crippen LogP contribution < -0.4 is 10.6 Å². The number of amides is 1. The quantitative estimate of drug-likeness (QED) is 0.486. The summed E-state index contributed by atoms with van der Waals surface area (Å²) in [6.07, 6.45) is 2.77. The summed E-state index contributed by atoms with van der Waals surface area (Å²) in [7, 11) is 0. The molecule has 6 heteroatoms. The van der Waals surface area contributed by atoms with Crippen LogP contribution in [-0.4, -0.2) is 36.4 Å². The van der Waals surface area contributed by atoms with Crippen LogP contribution in [-0.2, 0) is 24.3 Å². The Bertz CT molecular complexity index is 786. The van der Waals surface area contributed by atoms with E-state index in [0.29, 0.717) is 25.4 Å². The van der Waals surface area contributed by atoms with Gasteiger partial charge in [0.25, 0.3) is 0 Å². The predicted molar refractivity (Wildman–Crippen MR) is 121 cm³/mol. The third kappa shape index (κ3) is 6.89. The molecule has 1 atom stereocenters. The number of nitrogens with one attached hydrogen (secondary N) is 2. The number of hydrogen-bond acceptors (Lipinski definition) is 3. The Morgan fingerprint density at radius 1 is 1.21 bits per heavy atom. The van der Waals surface area contributed by atoms with Crippen molar-refractivity contribution in [1.82, 2.24) is 15.5 Å². The Morgan fingerprint density at radius 2 is 2.00 bits per heavy atom. The predicted octanol–water partition coefficient (Wildman–Crippen LogP) is 3.80. The van der Waals surface area contributed by atoms with E-state index in [0.717, 1.165) is 38.4 Å². The molecule has 0 radical (unpaired) electrons. The van der Waals surface area contributed by atoms with Gasteiger partial charge in [0.2, 0.25) is 5.91 Å². The van der Waals surface area contributed by atoms with Gasteiger partial charge < -0.3 is 15.5 Å². The number of carbonyl (C=O) groups excluding carboxylic acids is 1. The van der Waals surface area contributed by atoms with Gasteiger partial charge in [-0.1, -0.05) is 37.3 Å². The third-order valence-corrected chi connectivity index (χ3v) is 5.98. The van der Waals surface area contributed by atoms with Gasteiger partial charge in [-0.2, -0.15) is 0 Å². The lowest BCUT2D eigenvalue weighted by atomic mass is 10.1. The van der Waals surface area contributed by atoms with Crippen LogP contribution in [0.4, 0.5) is 0 Å². The largest absolute Gasteiger partial charge is 0.357 e. The average Bonchev–Trinajstić information content (AvgIpc) is 3.37. The minimum absolute atomic E-state index is 0.272. The highest BCUT2D eigenvalue weighted by molar-refractivity contribution is 7.09. The van der Waals surface area contributed by atoms with E-state index >= 15 is 0 Å². The highest BCUT2D eigenvalue weighted by Crippen LogP contribution is 2.15. The number of carbonyl (C=O) groups is 1. The van der Waals surface area contributed by atoms with Crippen LogP contribution in [0.3, 0.4) is 0 Å². The van der Waals surface area contributed by atoms with E-state index in [9.17, 15) is 4.79 Å². The molecule has 3 rings (SSSR count). The number of nitrogens with zero attached hydrogens (tertiary/aromatic N) is 2. The van der Waals surface area contributed by atoms with Crippen molar-refractivity contribution in [2.75, 3.05) is 19.6 Å². The lowest BCUT2D eigenvalue weighted by Gasteiger charge is -2.16. The lowest BCUT2D eigenvalue weighted by Crippen LogP contribution is -2.39. The second-order valence-corrected chi connectivity index (χ2v) is 8.73. The first-order valence-corrected chi connectivity index (χ1v) is 11.4. The van der Waals surface area contributed by atoms with Crippen LogP contribution in [0, 0.1) is 5.92 Å². The van der Waals surface area contributed by atoms with Crippen molar-refractivity contribution in [2.24, 2.45) is 10.9 Å². The summed E-state index contributed by atoms with van der Waals surface area (Å²) in [5.41, 5.74) is 2.35. The van der Waals surface area contributed by atoms with Gasteiger partial charge in [0.15, 0.2) is 5.96 Å². The molecule has 1 unspecified atom stereocenters. The van der Waals surface area contributed by atoms with E-state index in [1.807, 2.05) is 16.2 Å². The van der Waals surface area contributed by atoms with Crippen molar-refractivity contribution >= 4 is 23.2 Å². The fourth-order valence-electron chi connectivity index (χ4n) is 3.47. The Labute approximate surface area is 178 Å². The maximum atomic E-state index is 11.8. The summed E-state index contributed by atoms with van der Waals surface area (Å²) in [5, 5.41) is 8.93. The van der Waals surface area contributed by atoms with Gasteiger partial charge in [-0.05, 0) is 48.3 Å². The molecule has 1 fully saturated rings. The molecule has 156 valence electrons. The molecule has 2 N–H and O–H groups in total. The van der Waals surface area contributed by atoms with Crippen LogP contribution in [0.5, 0.6) is 0 Å². The van der Waals surface area contributed by atoms with Gasteiger partial charge in [-0.25, -0.2) is 4.99 Å². The van der Waals surface area contributed by atoms with Crippen molar-refractivity contribution in [1.29, 1.82) is 0 Å². The van der Waals surface area contributed by atoms with Crippen LogP contribution in [0.2, 0.25) is 0 Å². The van der Waals surface area contributed by atoms with Crippen LogP contribution in [0.15, 0.2) is 46.8 Å². The van der Waals surface area contributed by atoms with Crippen molar-refractivity contribution in [3.05, 3.63) is 57.8 Å². The SMILES string of the molecule is CCNC(=NCc1ccc(CN2CCCC2=O)cc1)NCC(C)Cc1cccs1. The average molecular weight is 413 g/mol. The van der Waals surface area contributed by atoms with Crippen molar-refractivity contribution in [3.63, 3.8) is 0 Å². The number of hydrogen-bond donors (Lipinski definition) is 2. The summed E-state index contributed by atoms with van der Waals surface area (Å²) in [6.45, 7) is 8.32. The van der Waals surface area contributed by atoms with Crippen LogP contribution >= 0.6 is 11.3 Å². The van der Waals surface area contributed by atoms with E-state index in [2.05, 4.69) is 66.3 Å². The van der Waals surface area contributed by atoms with Crippen molar-refractivity contribution in [2.45, 2.75) is 46.2 Å². The first-order valence-electron chi connectivity index (χ1n) is 10.5. The molecule has 5 nitrogen and oxygen atoms in total. The maximum Gasteiger partial charge on any atom is 0.222 e. The summed E-state index contributed by atoms with van der Waals surface area (Å²) < 4.78 is 0. The van der Waals surface area contributed by atoms with Crippen molar-refractivity contribution < 1.29 is 4.79 Å². The number of benzene rings is 1. The first-order chi connectivity index (χ1) is 14.1. The molecule has 0 bridgehead atoms. The number of rotatable bonds is 9. The minimum atomic E-state index is 0.272. The minimum Gasteiger partial charge on any atom is -0.357 e. The monoisotopic (exact) mass is 412 g/mol. The summed E-state index contributed by atoms with van der Waals surface area (Å²) >= 11 is 1.82. The highest BCUT2D eigenvalue weighted by Gasteiger charge is 2.19. The lowest BCUT2D eigenvalue weighted by molar-refractivity contribution is -0.128. The Kier molecular flexibility index (Phi) is 8.11. The molecule has 1 aliphatic heterocycles. The number of guanidine groups is 1. The van der Waals surface area contributed by atoms with E-state index in [1.165, 1.54) is 16.0 Å². The molecular formula is C23H32N4OS. The van der Waals surface area contributed by atoms with E-state index in [1.54, 1.807) is 0 Å². The van der Waals surface area contributed by atoms with Gasteiger partial charge in [0.1, 0.15) is 0 Å². The van der Waals surface area contributed by atoms with Crippen molar-refractivity contribution in [3.8, 4) is 0 Å². The molecule has 1 aliphatic rings. The molecule has 2 heterocycles. The van der Waals surface area contributed by atoms with Crippen LogP contribution in [0.25, 0.3) is 0 Å². The van der Waals surface area contributed by atoms with E-state index in [4.69, 9.17) is 4.99 Å². The third-order valence-electron chi connectivity index (χ3n) is 5.08. The van der Waals surface area contributed by atoms with Gasteiger partial charge in [0, 0.05) is 37.5 Å². The molecule has 1 aromatic heterocycles. The zero-order valence-corrected chi connectivity index (χ0v) is 18.3. The van der Waals surface area contributed by atoms with Gasteiger partial charge in [0.05, 0.1) is 6.54 Å². The molecule has 2 aromatic rings. The molecule has 29 heavy (non-hydrogen) atoms. The first kappa shape index (κ1) is 21.4. The maximum absolute atomic E-state index is 11.8. The Balaban J connectivity index is 1.49. The topological polar surface area (TPSA) is 56.7 Å². The fraction of sp³-hybridized carbons (Fsp3) is 0.478. The Morgan fingerprint density at radius 3 is 2.66 bits per heavy atom. The van der Waals surface area contributed by atoms with E-state index < -0.39 is 0 Å². The van der Waals surface area contributed by atoms with Gasteiger partial charge in [-0.3, -0.25) is 4.79 Å². The number of likely N-dealkylation sites (tertiary alicyclic amines) is 1. The normalized spacial score (nSPS) is 15.6. The second-order valence-electron chi connectivity index (χ2n) is 7.70. The highest BCUT2D eigenvalue weighted by atomic mass is 32.1. The number of thiophene rings is 1. The van der Waals surface area contributed by atoms with Crippen LogP contribution in [0.1, 0.15) is 42.7 Å².